The molecule has 1 atom stereocenters. The first-order chi connectivity index (χ1) is 14.8. The number of carbonyl (C=O) groups excluding carboxylic acids is 1. The number of nitrogens with zero attached hydrogens (tertiary/aromatic N) is 3. The lowest BCUT2D eigenvalue weighted by atomic mass is 10.1. The van der Waals surface area contributed by atoms with Gasteiger partial charge in [-0.1, -0.05) is 30.3 Å². The van der Waals surface area contributed by atoms with Gasteiger partial charge < -0.3 is 10.2 Å². The highest BCUT2D eigenvalue weighted by Crippen LogP contribution is 2.34. The summed E-state index contributed by atoms with van der Waals surface area (Å²) in [7, 11) is -1.09. The van der Waals surface area contributed by atoms with E-state index in [0.717, 1.165) is 22.2 Å². The molecule has 4 rings (SSSR count). The van der Waals surface area contributed by atoms with Gasteiger partial charge in [-0.15, -0.1) is 11.3 Å². The van der Waals surface area contributed by atoms with Crippen LogP contribution in [0, 0.1) is 12.8 Å². The number of likely N-dealkylation sites (N-methyl/N-ethyl adjacent to an activating group) is 1. The number of aryl methyl sites for hydroxylation is 1. The van der Waals surface area contributed by atoms with Gasteiger partial charge in [-0.3, -0.25) is 4.79 Å². The second-order valence-corrected chi connectivity index (χ2v) is 11.3. The van der Waals surface area contributed by atoms with E-state index in [9.17, 15) is 13.2 Å². The van der Waals surface area contributed by atoms with Crippen molar-refractivity contribution in [2.24, 2.45) is 5.92 Å². The monoisotopic (exact) mass is 458 g/mol. The number of carbonyl (C=O) groups is 1. The average Bonchev–Trinajstić information content (AvgIpc) is 3.29. The summed E-state index contributed by atoms with van der Waals surface area (Å²) >= 11 is 1.38. The van der Waals surface area contributed by atoms with Crippen molar-refractivity contribution < 1.29 is 13.2 Å². The summed E-state index contributed by atoms with van der Waals surface area (Å²) in [5.74, 6) is 1.19. The second-order valence-electron chi connectivity index (χ2n) is 8.07. The number of benzene rings is 1. The van der Waals surface area contributed by atoms with Gasteiger partial charge in [0.05, 0.1) is 21.8 Å². The molecule has 164 valence electrons. The van der Waals surface area contributed by atoms with Crippen molar-refractivity contribution in [2.75, 3.05) is 37.0 Å². The molecule has 1 fully saturated rings. The van der Waals surface area contributed by atoms with Crippen LogP contribution >= 0.6 is 11.3 Å². The lowest BCUT2D eigenvalue weighted by molar-refractivity contribution is 0.0801. The fourth-order valence-electron chi connectivity index (χ4n) is 3.90. The summed E-state index contributed by atoms with van der Waals surface area (Å²) in [4.78, 5) is 25.0. The molecule has 1 saturated heterocycles. The van der Waals surface area contributed by atoms with Crippen LogP contribution in [0.2, 0.25) is 0 Å². The Balaban J connectivity index is 1.49. The molecule has 0 unspecified atom stereocenters. The Morgan fingerprint density at radius 2 is 2.03 bits per heavy atom. The van der Waals surface area contributed by atoms with Crippen LogP contribution in [0.4, 0.5) is 5.82 Å². The van der Waals surface area contributed by atoms with Crippen LogP contribution < -0.4 is 5.32 Å². The number of aromatic nitrogens is 2. The van der Waals surface area contributed by atoms with E-state index in [1.807, 2.05) is 32.2 Å². The van der Waals surface area contributed by atoms with Gasteiger partial charge in [-0.05, 0) is 36.8 Å². The number of thiophene rings is 1. The van der Waals surface area contributed by atoms with E-state index >= 15 is 0 Å². The summed E-state index contributed by atoms with van der Waals surface area (Å²) in [6.07, 6.45) is 2.95. The number of amides is 1. The Morgan fingerprint density at radius 3 is 2.74 bits per heavy atom. The first-order valence-corrected chi connectivity index (χ1v) is 13.0. The number of rotatable bonds is 7. The molecular weight excluding hydrogens is 432 g/mol. The van der Waals surface area contributed by atoms with Crippen LogP contribution in [0.25, 0.3) is 10.2 Å². The van der Waals surface area contributed by atoms with Gasteiger partial charge in [0.15, 0.2) is 9.84 Å². The second kappa shape index (κ2) is 8.92. The maximum atomic E-state index is 13.1. The van der Waals surface area contributed by atoms with E-state index in [2.05, 4.69) is 27.4 Å². The maximum Gasteiger partial charge on any atom is 0.264 e. The molecule has 7 nitrogen and oxygen atoms in total. The van der Waals surface area contributed by atoms with Crippen molar-refractivity contribution in [2.45, 2.75) is 19.8 Å². The first-order valence-electron chi connectivity index (χ1n) is 10.3. The minimum atomic E-state index is -2.91. The van der Waals surface area contributed by atoms with E-state index in [4.69, 9.17) is 0 Å². The summed E-state index contributed by atoms with van der Waals surface area (Å²) in [6, 6.07) is 10.1. The molecule has 1 amide bonds. The molecule has 1 aliphatic rings. The van der Waals surface area contributed by atoms with E-state index in [1.165, 1.54) is 23.2 Å². The Labute approximate surface area is 186 Å². The van der Waals surface area contributed by atoms with Gasteiger partial charge in [0.2, 0.25) is 0 Å². The molecule has 1 N–H and O–H groups in total. The normalized spacial score (nSPS) is 17.7. The number of anilines is 1. The number of hydrogen-bond acceptors (Lipinski definition) is 7. The van der Waals surface area contributed by atoms with Crippen LogP contribution in [-0.4, -0.2) is 60.8 Å². The predicted octanol–water partition coefficient (Wildman–Crippen LogP) is 3.16. The minimum Gasteiger partial charge on any atom is -0.369 e. The Morgan fingerprint density at radius 1 is 1.26 bits per heavy atom. The molecule has 0 saturated carbocycles. The number of fused-ring (bicyclic) bond motifs is 1. The van der Waals surface area contributed by atoms with E-state index in [1.54, 1.807) is 4.90 Å². The zero-order chi connectivity index (χ0) is 22.0. The molecule has 0 radical (unpaired) electrons. The van der Waals surface area contributed by atoms with Crippen LogP contribution in [0.15, 0.2) is 36.7 Å². The minimum absolute atomic E-state index is 0.0238. The Kier molecular flexibility index (Phi) is 6.24. The summed E-state index contributed by atoms with van der Waals surface area (Å²) in [6.45, 7) is 3.09. The number of hydrogen-bond donors (Lipinski definition) is 1. The number of sulfone groups is 1. The maximum absolute atomic E-state index is 13.1. The van der Waals surface area contributed by atoms with Crippen LogP contribution in [0.1, 0.15) is 27.2 Å². The lowest BCUT2D eigenvalue weighted by Gasteiger charge is -2.17. The van der Waals surface area contributed by atoms with Crippen LogP contribution in [0.3, 0.4) is 0 Å². The molecule has 0 spiro atoms. The molecule has 0 bridgehead atoms. The summed E-state index contributed by atoms with van der Waals surface area (Å²) < 4.78 is 23.4. The molecular formula is C22H26N4O3S2. The van der Waals surface area contributed by atoms with Crippen molar-refractivity contribution in [3.05, 3.63) is 52.7 Å². The number of nitrogens with one attached hydrogen (secondary N) is 1. The highest BCUT2D eigenvalue weighted by Gasteiger charge is 2.28. The quantitative estimate of drug-likeness (QED) is 0.585. The zero-order valence-corrected chi connectivity index (χ0v) is 19.3. The van der Waals surface area contributed by atoms with Crippen LogP contribution in [-0.2, 0) is 16.3 Å². The van der Waals surface area contributed by atoms with Gasteiger partial charge >= 0.3 is 0 Å². The van der Waals surface area contributed by atoms with Gasteiger partial charge in [0.25, 0.3) is 5.91 Å². The third-order valence-corrected chi connectivity index (χ3v) is 8.76. The van der Waals surface area contributed by atoms with Gasteiger partial charge in [0.1, 0.15) is 17.0 Å². The van der Waals surface area contributed by atoms with E-state index < -0.39 is 9.84 Å². The molecule has 2 aromatic heterocycles. The predicted molar refractivity (Wildman–Crippen MR) is 125 cm³/mol. The van der Waals surface area contributed by atoms with Crippen molar-refractivity contribution in [3.63, 3.8) is 0 Å². The fourth-order valence-corrected chi connectivity index (χ4v) is 6.91. The molecule has 1 aliphatic heterocycles. The summed E-state index contributed by atoms with van der Waals surface area (Å²) in [5.41, 5.74) is 2.06. The first kappa shape index (κ1) is 21.7. The average molecular weight is 459 g/mol. The Bertz CT molecular complexity index is 1190. The van der Waals surface area contributed by atoms with Crippen molar-refractivity contribution in [1.29, 1.82) is 0 Å². The highest BCUT2D eigenvalue weighted by molar-refractivity contribution is 7.91. The van der Waals surface area contributed by atoms with Gasteiger partial charge in [-0.2, -0.15) is 0 Å². The van der Waals surface area contributed by atoms with E-state index in [0.29, 0.717) is 30.2 Å². The smallest absolute Gasteiger partial charge is 0.264 e. The molecule has 0 aliphatic carbocycles. The topological polar surface area (TPSA) is 92.3 Å². The molecule has 9 heteroatoms. The van der Waals surface area contributed by atoms with E-state index in [-0.39, 0.29) is 23.3 Å². The third-order valence-electron chi connectivity index (χ3n) is 5.73. The zero-order valence-electron chi connectivity index (χ0n) is 17.7. The van der Waals surface area contributed by atoms with Crippen molar-refractivity contribution in [3.8, 4) is 0 Å². The Hall–Kier alpha value is -2.52. The standard InChI is InChI=1S/C22H26N4O3S2/c1-15-18-20(23-12-17-9-11-31(28,29)13-17)24-14-25-21(18)30-19(15)22(27)26(2)10-8-16-6-4-3-5-7-16/h3-7,14,17H,8-13H2,1-2H3,(H,23,24,25)/t17-/m0/s1. The highest BCUT2D eigenvalue weighted by atomic mass is 32.2. The lowest BCUT2D eigenvalue weighted by Crippen LogP contribution is -2.28. The van der Waals surface area contributed by atoms with Crippen molar-refractivity contribution in [1.82, 2.24) is 14.9 Å². The van der Waals surface area contributed by atoms with Gasteiger partial charge in [0, 0.05) is 20.1 Å². The third kappa shape index (κ3) is 4.88. The summed E-state index contributed by atoms with van der Waals surface area (Å²) in [5, 5.41) is 4.14. The fraction of sp³-hybridized carbons (Fsp3) is 0.409. The SMILES string of the molecule is Cc1c(C(=O)N(C)CCc2ccccc2)sc2ncnc(NC[C@@H]3CCS(=O)(=O)C3)c12. The van der Waals surface area contributed by atoms with Crippen molar-refractivity contribution >= 4 is 43.1 Å². The molecule has 3 aromatic rings. The van der Waals surface area contributed by atoms with Gasteiger partial charge in [-0.25, -0.2) is 18.4 Å². The molecule has 3 heterocycles. The van der Waals surface area contributed by atoms with Crippen LogP contribution in [0.5, 0.6) is 0 Å². The molecule has 1 aromatic carbocycles. The molecule has 31 heavy (non-hydrogen) atoms. The largest absolute Gasteiger partial charge is 0.369 e.